The second-order valence-electron chi connectivity index (χ2n) is 5.54. The molecule has 3 aromatic rings. The number of benzene rings is 2. The molecule has 0 saturated carbocycles. The monoisotopic (exact) mass is 377 g/mol. The van der Waals surface area contributed by atoms with Crippen molar-refractivity contribution in [3.05, 3.63) is 77.9 Å². The number of carbonyl (C=O) groups excluding carboxylic acids is 2. The molecule has 0 radical (unpaired) electrons. The zero-order chi connectivity index (χ0) is 20.1. The molecule has 2 amide bonds. The average molecular weight is 377 g/mol. The highest BCUT2D eigenvalue weighted by molar-refractivity contribution is 6.09. The lowest BCUT2D eigenvalue weighted by Crippen LogP contribution is -2.19. The highest BCUT2D eigenvalue weighted by atomic mass is 16.4. The molecule has 0 aliphatic rings. The number of anilines is 2. The number of nitrogens with zero attached hydrogens (tertiary/aromatic N) is 2. The van der Waals surface area contributed by atoms with Crippen LogP contribution in [0, 0.1) is 0 Å². The molecule has 3 rings (SSSR count). The predicted octanol–water partition coefficient (Wildman–Crippen LogP) is 1.75. The van der Waals surface area contributed by atoms with Gasteiger partial charge in [-0.3, -0.25) is 9.59 Å². The molecule has 0 unspecified atom stereocenters. The summed E-state index contributed by atoms with van der Waals surface area (Å²) in [4.78, 5) is 42.9. The molecule has 0 fully saturated rings. The van der Waals surface area contributed by atoms with Crippen LogP contribution in [-0.4, -0.2) is 32.9 Å². The van der Waals surface area contributed by atoms with Crippen LogP contribution in [0.2, 0.25) is 0 Å². The van der Waals surface area contributed by atoms with E-state index < -0.39 is 23.5 Å². The molecule has 1 heterocycles. The molecule has 2 aromatic carbocycles. The van der Waals surface area contributed by atoms with Gasteiger partial charge in [-0.2, -0.15) is 0 Å². The van der Waals surface area contributed by atoms with Gasteiger partial charge in [0.25, 0.3) is 11.8 Å². The fraction of sp³-hybridized carbons (Fsp3) is 0. The number of aromatic carboxylic acids is 1. The second kappa shape index (κ2) is 7.96. The van der Waals surface area contributed by atoms with E-state index in [0.29, 0.717) is 11.4 Å². The molecule has 0 saturated heterocycles. The number of amides is 2. The SMILES string of the molecule is O=C(Nc1ccc(NC(=O)c2nccnc2C(=O)O)cc1)c1ccccc1[O-]. The van der Waals surface area contributed by atoms with Gasteiger partial charge in [0, 0.05) is 29.3 Å². The Kier molecular flexibility index (Phi) is 5.26. The molecule has 0 bridgehead atoms. The van der Waals surface area contributed by atoms with Gasteiger partial charge in [-0.15, -0.1) is 0 Å². The molecule has 28 heavy (non-hydrogen) atoms. The van der Waals surface area contributed by atoms with E-state index >= 15 is 0 Å². The summed E-state index contributed by atoms with van der Waals surface area (Å²) in [6.45, 7) is 0. The standard InChI is InChI=1S/C19H14N4O5/c24-14-4-2-1-3-13(14)17(25)22-11-5-7-12(8-6-11)23-18(26)15-16(19(27)28)21-10-9-20-15/h1-10,24H,(H,22,25)(H,23,26)(H,27,28)/p-1. The van der Waals surface area contributed by atoms with Crippen molar-refractivity contribution in [1.29, 1.82) is 0 Å². The minimum Gasteiger partial charge on any atom is -0.872 e. The number of rotatable bonds is 5. The summed E-state index contributed by atoms with van der Waals surface area (Å²) in [5.74, 6) is -3.03. The van der Waals surface area contributed by atoms with Crippen molar-refractivity contribution in [3.63, 3.8) is 0 Å². The first kappa shape index (κ1) is 18.5. The maximum Gasteiger partial charge on any atom is 0.356 e. The van der Waals surface area contributed by atoms with E-state index in [4.69, 9.17) is 5.11 Å². The van der Waals surface area contributed by atoms with Crippen LogP contribution < -0.4 is 15.7 Å². The van der Waals surface area contributed by atoms with Crippen molar-refractivity contribution in [3.8, 4) is 5.75 Å². The van der Waals surface area contributed by atoms with E-state index in [0.717, 1.165) is 0 Å². The van der Waals surface area contributed by atoms with Crippen LogP contribution in [0.25, 0.3) is 0 Å². The lowest BCUT2D eigenvalue weighted by atomic mass is 10.2. The van der Waals surface area contributed by atoms with E-state index in [-0.39, 0.29) is 17.0 Å². The summed E-state index contributed by atoms with van der Waals surface area (Å²) >= 11 is 0. The molecule has 9 nitrogen and oxygen atoms in total. The molecular weight excluding hydrogens is 364 g/mol. The summed E-state index contributed by atoms with van der Waals surface area (Å²) in [6.07, 6.45) is 2.39. The van der Waals surface area contributed by atoms with Crippen molar-refractivity contribution < 1.29 is 24.6 Å². The predicted molar refractivity (Wildman–Crippen MR) is 97.2 cm³/mol. The van der Waals surface area contributed by atoms with Crippen LogP contribution >= 0.6 is 0 Å². The van der Waals surface area contributed by atoms with Crippen LogP contribution in [0.4, 0.5) is 11.4 Å². The highest BCUT2D eigenvalue weighted by Crippen LogP contribution is 2.18. The summed E-state index contributed by atoms with van der Waals surface area (Å²) in [5, 5.41) is 25.8. The molecule has 3 N–H and O–H groups in total. The number of hydrogen-bond donors (Lipinski definition) is 3. The number of carbonyl (C=O) groups is 3. The Morgan fingerprint density at radius 1 is 0.786 bits per heavy atom. The van der Waals surface area contributed by atoms with Gasteiger partial charge in [-0.05, 0) is 24.3 Å². The molecular formula is C19H13N4O5-. The maximum absolute atomic E-state index is 12.2. The van der Waals surface area contributed by atoms with E-state index in [2.05, 4.69) is 20.6 Å². The minimum absolute atomic E-state index is 0.0173. The van der Waals surface area contributed by atoms with Crippen LogP contribution in [0.5, 0.6) is 5.75 Å². The fourth-order valence-corrected chi connectivity index (χ4v) is 2.34. The smallest absolute Gasteiger partial charge is 0.356 e. The zero-order valence-corrected chi connectivity index (χ0v) is 14.2. The van der Waals surface area contributed by atoms with Gasteiger partial charge < -0.3 is 20.8 Å². The summed E-state index contributed by atoms with van der Waals surface area (Å²) < 4.78 is 0. The Balaban J connectivity index is 1.70. The summed E-state index contributed by atoms with van der Waals surface area (Å²) in [7, 11) is 0. The fourth-order valence-electron chi connectivity index (χ4n) is 2.34. The van der Waals surface area contributed by atoms with Gasteiger partial charge in [0.2, 0.25) is 0 Å². The van der Waals surface area contributed by atoms with Gasteiger partial charge >= 0.3 is 5.97 Å². The minimum atomic E-state index is -1.37. The summed E-state index contributed by atoms with van der Waals surface area (Å²) in [5.41, 5.74) is 0.00882. The van der Waals surface area contributed by atoms with Crippen LogP contribution in [-0.2, 0) is 0 Å². The zero-order valence-electron chi connectivity index (χ0n) is 14.2. The average Bonchev–Trinajstić information content (AvgIpc) is 2.69. The van der Waals surface area contributed by atoms with Crippen molar-refractivity contribution in [2.24, 2.45) is 0 Å². The van der Waals surface area contributed by atoms with Gasteiger partial charge in [-0.25, -0.2) is 14.8 Å². The molecule has 0 aliphatic heterocycles. The van der Waals surface area contributed by atoms with Gasteiger partial charge in [0.1, 0.15) is 0 Å². The third-order valence-electron chi connectivity index (χ3n) is 3.65. The lowest BCUT2D eigenvalue weighted by Gasteiger charge is -2.13. The first-order chi connectivity index (χ1) is 13.5. The van der Waals surface area contributed by atoms with E-state index in [1.165, 1.54) is 48.8 Å². The molecule has 0 atom stereocenters. The number of carboxylic acids is 1. The maximum atomic E-state index is 12.2. The molecule has 0 aliphatic carbocycles. The van der Waals surface area contributed by atoms with Crippen molar-refractivity contribution in [1.82, 2.24) is 9.97 Å². The topological polar surface area (TPSA) is 144 Å². The number of hydrogen-bond acceptors (Lipinski definition) is 6. The van der Waals surface area contributed by atoms with Gasteiger partial charge in [0.15, 0.2) is 11.4 Å². The Morgan fingerprint density at radius 3 is 1.89 bits per heavy atom. The van der Waals surface area contributed by atoms with Crippen molar-refractivity contribution in [2.75, 3.05) is 10.6 Å². The number of aromatic nitrogens is 2. The first-order valence-electron chi connectivity index (χ1n) is 7.99. The van der Waals surface area contributed by atoms with Crippen molar-refractivity contribution in [2.45, 2.75) is 0 Å². The van der Waals surface area contributed by atoms with Crippen molar-refractivity contribution >= 4 is 29.2 Å². The Labute approximate surface area is 158 Å². The Bertz CT molecular complexity index is 1050. The molecule has 140 valence electrons. The van der Waals surface area contributed by atoms with Crippen LogP contribution in [0.3, 0.4) is 0 Å². The molecule has 1 aromatic heterocycles. The molecule has 0 spiro atoms. The molecule has 9 heteroatoms. The second-order valence-corrected chi connectivity index (χ2v) is 5.54. The van der Waals surface area contributed by atoms with E-state index in [1.807, 2.05) is 0 Å². The third-order valence-corrected chi connectivity index (χ3v) is 3.65. The van der Waals surface area contributed by atoms with Crippen LogP contribution in [0.1, 0.15) is 31.3 Å². The first-order valence-corrected chi connectivity index (χ1v) is 7.99. The van der Waals surface area contributed by atoms with E-state index in [9.17, 15) is 19.5 Å². The Morgan fingerprint density at radius 2 is 1.32 bits per heavy atom. The third kappa shape index (κ3) is 4.10. The van der Waals surface area contributed by atoms with Crippen LogP contribution in [0.15, 0.2) is 60.9 Å². The Hall–Kier alpha value is -4.27. The van der Waals surface area contributed by atoms with E-state index in [1.54, 1.807) is 12.1 Å². The number of carboxylic acid groups (broad SMARTS) is 1. The largest absolute Gasteiger partial charge is 0.872 e. The number of nitrogens with one attached hydrogen (secondary N) is 2. The normalized spacial score (nSPS) is 10.1. The van der Waals surface area contributed by atoms with Gasteiger partial charge in [-0.1, -0.05) is 30.0 Å². The summed E-state index contributed by atoms with van der Waals surface area (Å²) in [6, 6.07) is 11.9. The number of para-hydroxylation sites is 1. The van der Waals surface area contributed by atoms with Gasteiger partial charge in [0.05, 0.1) is 0 Å². The lowest BCUT2D eigenvalue weighted by molar-refractivity contribution is -0.268. The quantitative estimate of drug-likeness (QED) is 0.614. The highest BCUT2D eigenvalue weighted by Gasteiger charge is 2.19.